The van der Waals surface area contributed by atoms with Gasteiger partial charge in [0.25, 0.3) is 5.91 Å². The molecule has 2 heterocycles. The first-order valence-corrected chi connectivity index (χ1v) is 6.84. The van der Waals surface area contributed by atoms with Gasteiger partial charge < -0.3 is 5.32 Å². The molecule has 3 rings (SSSR count). The Hall–Kier alpha value is -2.21. The van der Waals surface area contributed by atoms with Crippen LogP contribution >= 0.6 is 11.3 Å². The second-order valence-electron chi connectivity index (χ2n) is 4.09. The molecular formula is C13H12N4OS. The van der Waals surface area contributed by atoms with Crippen LogP contribution < -0.4 is 5.32 Å². The van der Waals surface area contributed by atoms with Crippen LogP contribution in [0.15, 0.2) is 29.6 Å². The number of carbonyl (C=O) groups is 1. The zero-order valence-corrected chi connectivity index (χ0v) is 11.1. The Morgan fingerprint density at radius 3 is 3.11 bits per heavy atom. The molecule has 3 aromatic rings. The fourth-order valence-electron chi connectivity index (χ4n) is 1.79. The molecule has 0 unspecified atom stereocenters. The van der Waals surface area contributed by atoms with Crippen molar-refractivity contribution >= 4 is 33.0 Å². The van der Waals surface area contributed by atoms with Crippen molar-refractivity contribution in [3.05, 3.63) is 41.3 Å². The molecule has 0 aliphatic heterocycles. The quantitative estimate of drug-likeness (QED) is 0.770. The predicted molar refractivity (Wildman–Crippen MR) is 75.5 cm³/mol. The van der Waals surface area contributed by atoms with Gasteiger partial charge in [-0.15, -0.1) is 16.4 Å². The van der Waals surface area contributed by atoms with E-state index in [2.05, 4.69) is 20.5 Å². The van der Waals surface area contributed by atoms with E-state index < -0.39 is 0 Å². The van der Waals surface area contributed by atoms with Crippen LogP contribution in [0.5, 0.6) is 0 Å². The number of thiophene rings is 1. The van der Waals surface area contributed by atoms with E-state index in [0.29, 0.717) is 5.82 Å². The smallest absolute Gasteiger partial charge is 0.295 e. The minimum Gasteiger partial charge on any atom is -0.319 e. The number of aromatic amines is 1. The molecule has 0 aliphatic rings. The summed E-state index contributed by atoms with van der Waals surface area (Å²) in [6.45, 7) is 1.95. The van der Waals surface area contributed by atoms with Crippen LogP contribution in [0, 0.1) is 0 Å². The van der Waals surface area contributed by atoms with Crippen molar-refractivity contribution in [3.8, 4) is 0 Å². The number of benzene rings is 1. The van der Waals surface area contributed by atoms with Crippen LogP contribution in [0.1, 0.15) is 23.4 Å². The van der Waals surface area contributed by atoms with Gasteiger partial charge in [-0.2, -0.15) is 0 Å². The summed E-state index contributed by atoms with van der Waals surface area (Å²) in [5.41, 5.74) is 0.749. The Morgan fingerprint density at radius 2 is 2.32 bits per heavy atom. The number of anilines is 1. The third-order valence-electron chi connectivity index (χ3n) is 2.78. The molecule has 1 aromatic carbocycles. The summed E-state index contributed by atoms with van der Waals surface area (Å²) in [5, 5.41) is 12.6. The van der Waals surface area contributed by atoms with E-state index in [-0.39, 0.29) is 11.7 Å². The first kappa shape index (κ1) is 11.9. The molecule has 0 bridgehead atoms. The van der Waals surface area contributed by atoms with E-state index in [9.17, 15) is 4.79 Å². The molecule has 2 aromatic heterocycles. The second kappa shape index (κ2) is 4.81. The van der Waals surface area contributed by atoms with Gasteiger partial charge in [0.15, 0.2) is 0 Å². The van der Waals surface area contributed by atoms with Gasteiger partial charge in [-0.1, -0.05) is 6.92 Å². The van der Waals surface area contributed by atoms with E-state index >= 15 is 0 Å². The van der Waals surface area contributed by atoms with Crippen molar-refractivity contribution in [1.29, 1.82) is 0 Å². The number of nitrogens with one attached hydrogen (secondary N) is 2. The molecule has 0 aliphatic carbocycles. The minimum absolute atomic E-state index is 0.169. The Labute approximate surface area is 113 Å². The minimum atomic E-state index is -0.300. The Bertz CT molecular complexity index is 731. The average Bonchev–Trinajstić information content (AvgIpc) is 3.06. The highest BCUT2D eigenvalue weighted by atomic mass is 32.1. The Morgan fingerprint density at radius 1 is 1.42 bits per heavy atom. The number of carbonyl (C=O) groups excluding carboxylic acids is 1. The largest absolute Gasteiger partial charge is 0.319 e. The van der Waals surface area contributed by atoms with Gasteiger partial charge in [-0.3, -0.25) is 9.89 Å². The molecule has 0 fully saturated rings. The van der Waals surface area contributed by atoms with Crippen molar-refractivity contribution in [3.63, 3.8) is 0 Å². The van der Waals surface area contributed by atoms with Crippen molar-refractivity contribution in [2.75, 3.05) is 5.32 Å². The standard InChI is InChI=1S/C13H12N4OS/c1-2-11-15-12(17-16-11)13(18)14-9-3-4-10-8(7-9)5-6-19-10/h3-7H,2H2,1H3,(H,14,18)(H,15,16,17). The fourth-order valence-corrected chi connectivity index (χ4v) is 2.56. The Kier molecular flexibility index (Phi) is 3.00. The lowest BCUT2D eigenvalue weighted by atomic mass is 10.2. The summed E-state index contributed by atoms with van der Waals surface area (Å²) >= 11 is 1.68. The van der Waals surface area contributed by atoms with Crippen LogP contribution in [0.2, 0.25) is 0 Å². The number of aryl methyl sites for hydroxylation is 1. The number of amides is 1. The molecule has 0 saturated carbocycles. The first-order chi connectivity index (χ1) is 9.26. The molecule has 1 amide bonds. The molecular weight excluding hydrogens is 260 g/mol. The van der Waals surface area contributed by atoms with Crippen LogP contribution in [0.25, 0.3) is 10.1 Å². The molecule has 0 spiro atoms. The van der Waals surface area contributed by atoms with Crippen LogP contribution in [-0.4, -0.2) is 21.1 Å². The number of hydrogen-bond donors (Lipinski definition) is 2. The summed E-state index contributed by atoms with van der Waals surface area (Å²) in [7, 11) is 0. The van der Waals surface area contributed by atoms with Gasteiger partial charge in [0.05, 0.1) is 0 Å². The summed E-state index contributed by atoms with van der Waals surface area (Å²) < 4.78 is 1.20. The zero-order chi connectivity index (χ0) is 13.2. The lowest BCUT2D eigenvalue weighted by Gasteiger charge is -2.02. The molecule has 19 heavy (non-hydrogen) atoms. The topological polar surface area (TPSA) is 70.7 Å². The molecule has 0 atom stereocenters. The van der Waals surface area contributed by atoms with Crippen LogP contribution in [-0.2, 0) is 6.42 Å². The number of rotatable bonds is 3. The second-order valence-corrected chi connectivity index (χ2v) is 5.03. The van der Waals surface area contributed by atoms with Crippen molar-refractivity contribution in [1.82, 2.24) is 15.2 Å². The van der Waals surface area contributed by atoms with E-state index in [1.54, 1.807) is 11.3 Å². The molecule has 5 nitrogen and oxygen atoms in total. The van der Waals surface area contributed by atoms with Crippen LogP contribution in [0.4, 0.5) is 5.69 Å². The third kappa shape index (κ3) is 2.34. The summed E-state index contributed by atoms with van der Waals surface area (Å²) in [6, 6.07) is 7.84. The zero-order valence-electron chi connectivity index (χ0n) is 10.3. The monoisotopic (exact) mass is 272 g/mol. The number of H-pyrrole nitrogens is 1. The van der Waals surface area contributed by atoms with Gasteiger partial charge in [-0.25, -0.2) is 4.98 Å². The average molecular weight is 272 g/mol. The summed E-state index contributed by atoms with van der Waals surface area (Å²) in [5.74, 6) is 0.575. The van der Waals surface area contributed by atoms with E-state index in [1.165, 1.54) is 4.70 Å². The molecule has 0 radical (unpaired) electrons. The number of hydrogen-bond acceptors (Lipinski definition) is 4. The summed E-state index contributed by atoms with van der Waals surface area (Å²) in [4.78, 5) is 16.1. The van der Waals surface area contributed by atoms with Crippen molar-refractivity contribution in [2.45, 2.75) is 13.3 Å². The SMILES string of the molecule is CCc1nc(C(=O)Nc2ccc3sccc3c2)n[nH]1. The van der Waals surface area contributed by atoms with E-state index in [0.717, 1.165) is 17.5 Å². The highest BCUT2D eigenvalue weighted by molar-refractivity contribution is 7.17. The maximum absolute atomic E-state index is 12.0. The molecule has 96 valence electrons. The maximum atomic E-state index is 12.0. The lowest BCUT2D eigenvalue weighted by Crippen LogP contribution is -2.13. The molecule has 0 saturated heterocycles. The van der Waals surface area contributed by atoms with Gasteiger partial charge >= 0.3 is 0 Å². The summed E-state index contributed by atoms with van der Waals surface area (Å²) in [6.07, 6.45) is 0.723. The molecule has 6 heteroatoms. The van der Waals surface area contributed by atoms with Crippen molar-refractivity contribution in [2.24, 2.45) is 0 Å². The van der Waals surface area contributed by atoms with Crippen LogP contribution in [0.3, 0.4) is 0 Å². The first-order valence-electron chi connectivity index (χ1n) is 5.96. The van der Waals surface area contributed by atoms with E-state index in [4.69, 9.17) is 0 Å². The predicted octanol–water partition coefficient (Wildman–Crippen LogP) is 2.83. The van der Waals surface area contributed by atoms with Gasteiger partial charge in [-0.05, 0) is 35.0 Å². The normalized spacial score (nSPS) is 10.8. The number of fused-ring (bicyclic) bond motifs is 1. The number of nitrogens with zero attached hydrogens (tertiary/aromatic N) is 2. The Balaban J connectivity index is 1.81. The van der Waals surface area contributed by atoms with Gasteiger partial charge in [0.2, 0.25) is 5.82 Å². The van der Waals surface area contributed by atoms with Gasteiger partial charge in [0, 0.05) is 16.8 Å². The number of aromatic nitrogens is 3. The third-order valence-corrected chi connectivity index (χ3v) is 3.68. The highest BCUT2D eigenvalue weighted by Crippen LogP contribution is 2.24. The molecule has 2 N–H and O–H groups in total. The lowest BCUT2D eigenvalue weighted by molar-refractivity contribution is 0.101. The van der Waals surface area contributed by atoms with Gasteiger partial charge in [0.1, 0.15) is 5.82 Å². The maximum Gasteiger partial charge on any atom is 0.295 e. The van der Waals surface area contributed by atoms with E-state index in [1.807, 2.05) is 36.6 Å². The van der Waals surface area contributed by atoms with Crippen molar-refractivity contribution < 1.29 is 4.79 Å². The fraction of sp³-hybridized carbons (Fsp3) is 0.154. The highest BCUT2D eigenvalue weighted by Gasteiger charge is 2.12.